The van der Waals surface area contributed by atoms with E-state index in [4.69, 9.17) is 26.2 Å². The maximum Gasteiger partial charge on any atom is 0.371 e. The first-order valence-corrected chi connectivity index (χ1v) is 6.71. The van der Waals surface area contributed by atoms with Crippen LogP contribution in [0.15, 0.2) is 27.4 Å². The van der Waals surface area contributed by atoms with Gasteiger partial charge in [-0.3, -0.25) is 4.79 Å². The second-order valence-electron chi connectivity index (χ2n) is 4.85. The Labute approximate surface area is 132 Å². The van der Waals surface area contributed by atoms with Gasteiger partial charge in [-0.1, -0.05) is 11.6 Å². The maximum absolute atomic E-state index is 12.1. The summed E-state index contributed by atoms with van der Waals surface area (Å²) in [7, 11) is 0. The standard InChI is InChI=1S/C15H8ClNO6/c1-5-12-6(8(16)3-9(17-12)14(19)20)2-7-10(18)4-11(15(21)22)23-13(5)7/h2-4H,1H3,(H,19,20)(H,21,22). The van der Waals surface area contributed by atoms with Gasteiger partial charge in [-0.2, -0.15) is 0 Å². The first kappa shape index (κ1) is 15.0. The fourth-order valence-corrected chi connectivity index (χ4v) is 2.58. The molecule has 23 heavy (non-hydrogen) atoms. The van der Waals surface area contributed by atoms with Crippen LogP contribution in [0, 0.1) is 6.92 Å². The van der Waals surface area contributed by atoms with E-state index in [2.05, 4.69) is 4.98 Å². The number of pyridine rings is 1. The van der Waals surface area contributed by atoms with Gasteiger partial charge < -0.3 is 14.6 Å². The lowest BCUT2D eigenvalue weighted by atomic mass is 10.1. The Bertz CT molecular complexity index is 1070. The number of benzene rings is 1. The van der Waals surface area contributed by atoms with Gasteiger partial charge in [0.25, 0.3) is 0 Å². The third-order valence-corrected chi connectivity index (χ3v) is 3.72. The van der Waals surface area contributed by atoms with Crippen molar-refractivity contribution in [3.05, 3.63) is 50.5 Å². The lowest BCUT2D eigenvalue weighted by Gasteiger charge is -2.08. The highest BCUT2D eigenvalue weighted by Gasteiger charge is 2.18. The van der Waals surface area contributed by atoms with Crippen molar-refractivity contribution in [2.75, 3.05) is 0 Å². The lowest BCUT2D eigenvalue weighted by Crippen LogP contribution is -2.08. The van der Waals surface area contributed by atoms with Crippen molar-refractivity contribution in [1.29, 1.82) is 0 Å². The van der Waals surface area contributed by atoms with E-state index in [0.717, 1.165) is 6.07 Å². The van der Waals surface area contributed by atoms with Crippen LogP contribution >= 0.6 is 11.6 Å². The summed E-state index contributed by atoms with van der Waals surface area (Å²) in [5.41, 5.74) is -0.196. The molecule has 0 bridgehead atoms. The molecule has 8 heteroatoms. The van der Waals surface area contributed by atoms with Crippen LogP contribution in [0.3, 0.4) is 0 Å². The molecule has 0 aliphatic heterocycles. The number of aryl methyl sites for hydroxylation is 1. The summed E-state index contributed by atoms with van der Waals surface area (Å²) < 4.78 is 5.25. The second kappa shape index (κ2) is 5.06. The quantitative estimate of drug-likeness (QED) is 0.692. The Morgan fingerprint density at radius 2 is 1.83 bits per heavy atom. The van der Waals surface area contributed by atoms with Crippen molar-refractivity contribution < 1.29 is 24.2 Å². The minimum absolute atomic E-state index is 0.0357. The van der Waals surface area contributed by atoms with Crippen molar-refractivity contribution in [3.8, 4) is 0 Å². The topological polar surface area (TPSA) is 118 Å². The fourth-order valence-electron chi connectivity index (χ4n) is 2.33. The number of carboxylic acids is 2. The van der Waals surface area contributed by atoms with E-state index in [-0.39, 0.29) is 27.2 Å². The van der Waals surface area contributed by atoms with Gasteiger partial charge in [0.05, 0.1) is 15.9 Å². The van der Waals surface area contributed by atoms with Crippen LogP contribution in [-0.2, 0) is 0 Å². The smallest absolute Gasteiger partial charge is 0.371 e. The molecule has 2 heterocycles. The maximum atomic E-state index is 12.1. The van der Waals surface area contributed by atoms with Crippen LogP contribution < -0.4 is 5.43 Å². The number of nitrogens with zero attached hydrogens (tertiary/aromatic N) is 1. The first-order chi connectivity index (χ1) is 10.8. The average molecular weight is 334 g/mol. The molecular formula is C15H8ClNO6. The van der Waals surface area contributed by atoms with E-state index in [1.54, 1.807) is 6.92 Å². The number of rotatable bonds is 2. The van der Waals surface area contributed by atoms with E-state index in [9.17, 15) is 14.4 Å². The van der Waals surface area contributed by atoms with E-state index in [1.807, 2.05) is 0 Å². The normalized spacial score (nSPS) is 11.0. The van der Waals surface area contributed by atoms with Crippen LogP contribution in [0.25, 0.3) is 21.9 Å². The first-order valence-electron chi connectivity index (χ1n) is 6.34. The highest BCUT2D eigenvalue weighted by molar-refractivity contribution is 6.36. The fraction of sp³-hybridized carbons (Fsp3) is 0.0667. The number of hydrogen-bond donors (Lipinski definition) is 2. The summed E-state index contributed by atoms with van der Waals surface area (Å²) >= 11 is 6.08. The summed E-state index contributed by atoms with van der Waals surface area (Å²) in [6, 6.07) is 3.48. The molecule has 0 aliphatic rings. The molecule has 0 unspecified atom stereocenters. The number of fused-ring (bicyclic) bond motifs is 2. The Kier molecular flexibility index (Phi) is 3.30. The predicted octanol–water partition coefficient (Wildman–Crippen LogP) is 2.70. The van der Waals surface area contributed by atoms with E-state index < -0.39 is 23.1 Å². The summed E-state index contributed by atoms with van der Waals surface area (Å²) in [5.74, 6) is -3.15. The molecule has 2 aromatic heterocycles. The largest absolute Gasteiger partial charge is 0.477 e. The molecule has 0 radical (unpaired) electrons. The zero-order valence-electron chi connectivity index (χ0n) is 11.6. The molecule has 1 aromatic carbocycles. The van der Waals surface area contributed by atoms with Crippen molar-refractivity contribution in [2.45, 2.75) is 6.92 Å². The van der Waals surface area contributed by atoms with Gasteiger partial charge >= 0.3 is 11.9 Å². The molecule has 0 aliphatic carbocycles. The summed E-state index contributed by atoms with van der Waals surface area (Å²) in [6.45, 7) is 1.55. The van der Waals surface area contributed by atoms with Gasteiger partial charge in [0, 0.05) is 17.0 Å². The number of halogens is 1. The van der Waals surface area contributed by atoms with Crippen LogP contribution in [0.4, 0.5) is 0 Å². The van der Waals surface area contributed by atoms with Gasteiger partial charge in [-0.05, 0) is 19.1 Å². The third-order valence-electron chi connectivity index (χ3n) is 3.41. The molecule has 0 spiro atoms. The van der Waals surface area contributed by atoms with Crippen molar-refractivity contribution in [1.82, 2.24) is 4.98 Å². The average Bonchev–Trinajstić information content (AvgIpc) is 2.48. The SMILES string of the molecule is Cc1c2nc(C(=O)O)cc(Cl)c2cc2c(=O)cc(C(=O)O)oc12. The number of aromatic carboxylic acids is 2. The minimum atomic E-state index is -1.38. The zero-order valence-corrected chi connectivity index (χ0v) is 12.3. The van der Waals surface area contributed by atoms with Crippen molar-refractivity contribution >= 4 is 45.4 Å². The number of aromatic nitrogens is 1. The molecule has 0 atom stereocenters. The number of hydrogen-bond acceptors (Lipinski definition) is 5. The minimum Gasteiger partial charge on any atom is -0.477 e. The molecule has 3 rings (SSSR count). The molecular weight excluding hydrogens is 326 g/mol. The second-order valence-corrected chi connectivity index (χ2v) is 5.26. The molecule has 7 nitrogen and oxygen atoms in total. The highest BCUT2D eigenvalue weighted by atomic mass is 35.5. The van der Waals surface area contributed by atoms with Gasteiger partial charge in [0.2, 0.25) is 5.76 Å². The Hall–Kier alpha value is -2.93. The molecule has 0 amide bonds. The van der Waals surface area contributed by atoms with Crippen molar-refractivity contribution in [3.63, 3.8) is 0 Å². The highest BCUT2D eigenvalue weighted by Crippen LogP contribution is 2.30. The van der Waals surface area contributed by atoms with Crippen molar-refractivity contribution in [2.24, 2.45) is 0 Å². The summed E-state index contributed by atoms with van der Waals surface area (Å²) in [5, 5.41) is 18.7. The Balaban J connectivity index is 2.53. The molecule has 0 saturated heterocycles. The summed E-state index contributed by atoms with van der Waals surface area (Å²) in [6.07, 6.45) is 0. The van der Waals surface area contributed by atoms with Crippen LogP contribution in [0.1, 0.15) is 26.6 Å². The van der Waals surface area contributed by atoms with Gasteiger partial charge in [-0.25, -0.2) is 14.6 Å². The van der Waals surface area contributed by atoms with Crippen LogP contribution in [0.2, 0.25) is 5.02 Å². The molecule has 0 fully saturated rings. The van der Waals surface area contributed by atoms with E-state index in [0.29, 0.717) is 10.9 Å². The molecule has 3 aromatic rings. The number of carbonyl (C=O) groups is 2. The van der Waals surface area contributed by atoms with Gasteiger partial charge in [0.15, 0.2) is 5.43 Å². The molecule has 116 valence electrons. The lowest BCUT2D eigenvalue weighted by molar-refractivity contribution is 0.0660. The van der Waals surface area contributed by atoms with Crippen LogP contribution in [0.5, 0.6) is 0 Å². The van der Waals surface area contributed by atoms with E-state index in [1.165, 1.54) is 12.1 Å². The van der Waals surface area contributed by atoms with Gasteiger partial charge in [0.1, 0.15) is 11.3 Å². The molecule has 0 saturated carbocycles. The third kappa shape index (κ3) is 2.31. The zero-order chi connectivity index (χ0) is 16.9. The van der Waals surface area contributed by atoms with Gasteiger partial charge in [-0.15, -0.1) is 0 Å². The van der Waals surface area contributed by atoms with Crippen LogP contribution in [-0.4, -0.2) is 27.1 Å². The Morgan fingerprint density at radius 3 is 2.43 bits per heavy atom. The predicted molar refractivity (Wildman–Crippen MR) is 81.5 cm³/mol. The molecule has 2 N–H and O–H groups in total. The monoisotopic (exact) mass is 333 g/mol. The summed E-state index contributed by atoms with van der Waals surface area (Å²) in [4.78, 5) is 38.2. The Morgan fingerprint density at radius 1 is 1.13 bits per heavy atom. The van der Waals surface area contributed by atoms with E-state index >= 15 is 0 Å². The number of carboxylic acid groups (broad SMARTS) is 2.